The molecule has 0 fully saturated rings. The van der Waals surface area contributed by atoms with Crippen LogP contribution in [0.2, 0.25) is 0 Å². The van der Waals surface area contributed by atoms with E-state index in [1.807, 2.05) is 87.5 Å². The minimum Gasteiger partial charge on any atom is -0.496 e. The first-order valence-corrected chi connectivity index (χ1v) is 11.1. The molecule has 0 aliphatic carbocycles. The number of carbonyl (C=O) groups excluding carboxylic acids is 1. The third kappa shape index (κ3) is 5.02. The standard InChI is InChI=1S/C28H32N2O3/c1-27(2,3)18-30-26(31)28(17-29,19-32-4)25(23-14-8-9-16-24(23)33-5)22-15-10-12-20-11-6-7-13-21(20)22/h6-16,25H,18-19H2,1-5H3,(H,30,31). The minimum absolute atomic E-state index is 0.0641. The third-order valence-corrected chi connectivity index (χ3v) is 5.83. The molecule has 0 aliphatic rings. The molecule has 0 saturated heterocycles. The largest absolute Gasteiger partial charge is 0.496 e. The number of para-hydroxylation sites is 1. The van der Waals surface area contributed by atoms with Crippen molar-refractivity contribution in [2.24, 2.45) is 10.8 Å². The van der Waals surface area contributed by atoms with E-state index >= 15 is 0 Å². The Kier molecular flexibility index (Phi) is 7.40. The van der Waals surface area contributed by atoms with Gasteiger partial charge in [0.15, 0.2) is 5.41 Å². The SMILES string of the molecule is COCC(C#N)(C(=O)NCC(C)(C)C)C(c1ccccc1OC)c1cccc2ccccc12. The number of methoxy groups -OCH3 is 2. The molecule has 1 amide bonds. The smallest absolute Gasteiger partial charge is 0.243 e. The van der Waals surface area contributed by atoms with Gasteiger partial charge in [0.2, 0.25) is 5.91 Å². The number of nitrogens with zero attached hydrogens (tertiary/aromatic N) is 1. The zero-order valence-electron chi connectivity index (χ0n) is 20.0. The summed E-state index contributed by atoms with van der Waals surface area (Å²) in [5.41, 5.74) is -0.00909. The highest BCUT2D eigenvalue weighted by atomic mass is 16.5. The van der Waals surface area contributed by atoms with Crippen molar-refractivity contribution in [3.63, 3.8) is 0 Å². The maximum absolute atomic E-state index is 13.8. The molecule has 3 rings (SSSR count). The van der Waals surface area contributed by atoms with Gasteiger partial charge in [0.1, 0.15) is 5.75 Å². The molecule has 0 spiro atoms. The summed E-state index contributed by atoms with van der Waals surface area (Å²) in [6, 6.07) is 23.9. The van der Waals surface area contributed by atoms with Crippen molar-refractivity contribution in [2.75, 3.05) is 27.4 Å². The average Bonchev–Trinajstić information content (AvgIpc) is 2.82. The van der Waals surface area contributed by atoms with Crippen LogP contribution in [0.25, 0.3) is 10.8 Å². The molecule has 2 atom stereocenters. The van der Waals surface area contributed by atoms with E-state index in [0.717, 1.165) is 21.9 Å². The summed E-state index contributed by atoms with van der Waals surface area (Å²) in [6.07, 6.45) is 0. The number of carbonyl (C=O) groups is 1. The third-order valence-electron chi connectivity index (χ3n) is 5.83. The van der Waals surface area contributed by atoms with Gasteiger partial charge in [0.05, 0.1) is 19.8 Å². The fraction of sp³-hybridized carbons (Fsp3) is 0.357. The van der Waals surface area contributed by atoms with Crippen molar-refractivity contribution in [1.82, 2.24) is 5.32 Å². The molecule has 1 N–H and O–H groups in total. The maximum Gasteiger partial charge on any atom is 0.243 e. The van der Waals surface area contributed by atoms with Gasteiger partial charge in [-0.3, -0.25) is 4.79 Å². The fourth-order valence-corrected chi connectivity index (χ4v) is 4.26. The highest BCUT2D eigenvalue weighted by Crippen LogP contribution is 2.47. The Balaban J connectivity index is 2.32. The lowest BCUT2D eigenvalue weighted by Crippen LogP contribution is -2.49. The van der Waals surface area contributed by atoms with E-state index in [0.29, 0.717) is 12.3 Å². The zero-order chi connectivity index (χ0) is 24.1. The number of hydrogen-bond acceptors (Lipinski definition) is 4. The van der Waals surface area contributed by atoms with Crippen LogP contribution in [-0.4, -0.2) is 33.3 Å². The second-order valence-electron chi connectivity index (χ2n) is 9.50. The first-order valence-electron chi connectivity index (χ1n) is 11.1. The molecular weight excluding hydrogens is 412 g/mol. The number of nitrogens with one attached hydrogen (secondary N) is 1. The molecule has 0 bridgehead atoms. The lowest BCUT2D eigenvalue weighted by molar-refractivity contribution is -0.131. The Morgan fingerprint density at radius 2 is 1.61 bits per heavy atom. The summed E-state index contributed by atoms with van der Waals surface area (Å²) < 4.78 is 11.2. The topological polar surface area (TPSA) is 71.3 Å². The Bertz CT molecular complexity index is 1150. The number of hydrogen-bond donors (Lipinski definition) is 1. The normalized spacial score (nSPS) is 14.2. The number of amides is 1. The Hall–Kier alpha value is -3.36. The van der Waals surface area contributed by atoms with Crippen LogP contribution in [0.4, 0.5) is 0 Å². The van der Waals surface area contributed by atoms with Gasteiger partial charge in [0, 0.05) is 25.1 Å². The first-order chi connectivity index (χ1) is 15.8. The molecule has 5 heteroatoms. The van der Waals surface area contributed by atoms with E-state index in [1.165, 1.54) is 7.11 Å². The zero-order valence-corrected chi connectivity index (χ0v) is 20.0. The van der Waals surface area contributed by atoms with Crippen LogP contribution in [0.3, 0.4) is 0 Å². The molecule has 0 heterocycles. The molecule has 0 aliphatic heterocycles. The Morgan fingerprint density at radius 3 is 2.27 bits per heavy atom. The lowest BCUT2D eigenvalue weighted by Gasteiger charge is -2.36. The van der Waals surface area contributed by atoms with Crippen LogP contribution in [0.5, 0.6) is 5.75 Å². The highest BCUT2D eigenvalue weighted by molar-refractivity contribution is 5.92. The second-order valence-corrected chi connectivity index (χ2v) is 9.50. The van der Waals surface area contributed by atoms with E-state index in [2.05, 4.69) is 11.4 Å². The number of ether oxygens (including phenoxy) is 2. The number of nitriles is 1. The molecule has 33 heavy (non-hydrogen) atoms. The van der Waals surface area contributed by atoms with Gasteiger partial charge in [0.25, 0.3) is 0 Å². The van der Waals surface area contributed by atoms with Crippen molar-refractivity contribution >= 4 is 16.7 Å². The van der Waals surface area contributed by atoms with E-state index in [4.69, 9.17) is 9.47 Å². The first kappa shape index (κ1) is 24.3. The van der Waals surface area contributed by atoms with Crippen LogP contribution < -0.4 is 10.1 Å². The van der Waals surface area contributed by atoms with Gasteiger partial charge in [-0.2, -0.15) is 5.26 Å². The molecule has 0 aromatic heterocycles. The van der Waals surface area contributed by atoms with Crippen LogP contribution in [-0.2, 0) is 9.53 Å². The molecule has 3 aromatic rings. The van der Waals surface area contributed by atoms with Crippen molar-refractivity contribution in [3.05, 3.63) is 77.9 Å². The summed E-state index contributed by atoms with van der Waals surface area (Å²) in [7, 11) is 3.12. The van der Waals surface area contributed by atoms with Gasteiger partial charge in [-0.25, -0.2) is 0 Å². The number of benzene rings is 3. The summed E-state index contributed by atoms with van der Waals surface area (Å²) in [5, 5.41) is 15.6. The quantitative estimate of drug-likeness (QED) is 0.512. The van der Waals surface area contributed by atoms with Crippen molar-refractivity contribution in [2.45, 2.75) is 26.7 Å². The van der Waals surface area contributed by atoms with Crippen molar-refractivity contribution in [1.29, 1.82) is 5.26 Å². The van der Waals surface area contributed by atoms with E-state index in [1.54, 1.807) is 7.11 Å². The van der Waals surface area contributed by atoms with E-state index in [-0.39, 0.29) is 17.9 Å². The predicted octanol–water partition coefficient (Wildman–Crippen LogP) is 5.30. The molecular formula is C28H32N2O3. The van der Waals surface area contributed by atoms with Crippen LogP contribution >= 0.6 is 0 Å². The second kappa shape index (κ2) is 10.1. The van der Waals surface area contributed by atoms with Crippen LogP contribution in [0.15, 0.2) is 66.7 Å². The summed E-state index contributed by atoms with van der Waals surface area (Å²) >= 11 is 0. The van der Waals surface area contributed by atoms with Gasteiger partial charge in [-0.15, -0.1) is 0 Å². The predicted molar refractivity (Wildman–Crippen MR) is 131 cm³/mol. The van der Waals surface area contributed by atoms with Gasteiger partial charge in [-0.05, 0) is 27.8 Å². The molecule has 172 valence electrons. The monoisotopic (exact) mass is 444 g/mol. The highest BCUT2D eigenvalue weighted by Gasteiger charge is 2.49. The summed E-state index contributed by atoms with van der Waals surface area (Å²) in [5.74, 6) is -0.356. The summed E-state index contributed by atoms with van der Waals surface area (Å²) in [6.45, 7) is 6.50. The maximum atomic E-state index is 13.8. The van der Waals surface area contributed by atoms with E-state index < -0.39 is 11.3 Å². The van der Waals surface area contributed by atoms with Crippen LogP contribution in [0, 0.1) is 22.2 Å². The fourth-order valence-electron chi connectivity index (χ4n) is 4.26. The Morgan fingerprint density at radius 1 is 0.970 bits per heavy atom. The van der Waals surface area contributed by atoms with Gasteiger partial charge < -0.3 is 14.8 Å². The van der Waals surface area contributed by atoms with Gasteiger partial charge >= 0.3 is 0 Å². The number of rotatable bonds is 8. The number of fused-ring (bicyclic) bond motifs is 1. The minimum atomic E-state index is -1.52. The van der Waals surface area contributed by atoms with Crippen LogP contribution in [0.1, 0.15) is 37.8 Å². The molecule has 5 nitrogen and oxygen atoms in total. The van der Waals surface area contributed by atoms with Crippen molar-refractivity contribution < 1.29 is 14.3 Å². The lowest BCUT2D eigenvalue weighted by atomic mass is 9.68. The average molecular weight is 445 g/mol. The molecule has 0 radical (unpaired) electrons. The molecule has 0 saturated carbocycles. The van der Waals surface area contributed by atoms with Gasteiger partial charge in [-0.1, -0.05) is 81.4 Å². The Labute approximate surface area is 196 Å². The van der Waals surface area contributed by atoms with Crippen molar-refractivity contribution in [3.8, 4) is 11.8 Å². The van der Waals surface area contributed by atoms with E-state index in [9.17, 15) is 10.1 Å². The summed E-state index contributed by atoms with van der Waals surface area (Å²) in [4.78, 5) is 13.8. The molecule has 2 unspecified atom stereocenters. The molecule has 3 aromatic carbocycles.